The van der Waals surface area contributed by atoms with Crippen LogP contribution in [0.5, 0.6) is 0 Å². The van der Waals surface area contributed by atoms with E-state index in [2.05, 4.69) is 5.32 Å². The molecule has 1 atom stereocenters. The minimum Gasteiger partial charge on any atom is -0.348 e. The van der Waals surface area contributed by atoms with E-state index in [4.69, 9.17) is 0 Å². The number of sulfonamides is 1. The summed E-state index contributed by atoms with van der Waals surface area (Å²) in [5, 5.41) is 2.93. The predicted molar refractivity (Wildman–Crippen MR) is 111 cm³/mol. The van der Waals surface area contributed by atoms with E-state index in [0.717, 1.165) is 34.1 Å². The SMILES string of the molecule is Cc1ccc(C)c([C@H](C)NC(=O)CN(c2c(C)cccc2C)S(C)(=O)=O)c1. The molecule has 5 nitrogen and oxygen atoms in total. The first kappa shape index (κ1) is 21.0. The number of nitrogens with zero attached hydrogens (tertiary/aromatic N) is 1. The van der Waals surface area contributed by atoms with Crippen molar-refractivity contribution >= 4 is 21.6 Å². The maximum atomic E-state index is 12.7. The van der Waals surface area contributed by atoms with Crippen LogP contribution in [0.15, 0.2) is 36.4 Å². The van der Waals surface area contributed by atoms with Crippen molar-refractivity contribution in [3.05, 3.63) is 64.2 Å². The van der Waals surface area contributed by atoms with Crippen LogP contribution in [0.2, 0.25) is 0 Å². The van der Waals surface area contributed by atoms with Gasteiger partial charge in [0.2, 0.25) is 15.9 Å². The molecule has 2 aromatic rings. The van der Waals surface area contributed by atoms with E-state index in [1.54, 1.807) is 0 Å². The van der Waals surface area contributed by atoms with Crippen LogP contribution in [0.1, 0.15) is 40.8 Å². The number of anilines is 1. The van der Waals surface area contributed by atoms with E-state index in [-0.39, 0.29) is 18.5 Å². The Morgan fingerprint density at radius 2 is 1.63 bits per heavy atom. The van der Waals surface area contributed by atoms with Crippen molar-refractivity contribution in [2.24, 2.45) is 0 Å². The van der Waals surface area contributed by atoms with E-state index in [1.165, 1.54) is 4.31 Å². The molecule has 1 amide bonds. The van der Waals surface area contributed by atoms with E-state index in [1.807, 2.05) is 71.0 Å². The molecule has 0 bridgehead atoms. The molecule has 0 unspecified atom stereocenters. The van der Waals surface area contributed by atoms with Crippen molar-refractivity contribution in [2.45, 2.75) is 40.7 Å². The normalized spacial score (nSPS) is 12.5. The molecule has 0 saturated carbocycles. The monoisotopic (exact) mass is 388 g/mol. The number of carbonyl (C=O) groups excluding carboxylic acids is 1. The Labute approximate surface area is 162 Å². The van der Waals surface area contributed by atoms with Gasteiger partial charge in [-0.3, -0.25) is 9.10 Å². The number of hydrogen-bond acceptors (Lipinski definition) is 3. The second-order valence-corrected chi connectivity index (χ2v) is 9.07. The Hall–Kier alpha value is -2.34. The fourth-order valence-electron chi connectivity index (χ4n) is 3.28. The summed E-state index contributed by atoms with van der Waals surface area (Å²) in [5.74, 6) is -0.337. The highest BCUT2D eigenvalue weighted by molar-refractivity contribution is 7.92. The Balaban J connectivity index is 2.26. The third kappa shape index (κ3) is 5.10. The second-order valence-electron chi connectivity index (χ2n) is 7.16. The number of amides is 1. The molecule has 2 rings (SSSR count). The molecule has 0 aromatic heterocycles. The van der Waals surface area contributed by atoms with Gasteiger partial charge in [0, 0.05) is 0 Å². The van der Waals surface area contributed by atoms with Crippen LogP contribution in [0.3, 0.4) is 0 Å². The van der Waals surface area contributed by atoms with Gasteiger partial charge in [0.15, 0.2) is 0 Å². The number of hydrogen-bond donors (Lipinski definition) is 1. The van der Waals surface area contributed by atoms with Crippen LogP contribution in [0.25, 0.3) is 0 Å². The number of carbonyl (C=O) groups is 1. The molecule has 0 radical (unpaired) electrons. The zero-order valence-electron chi connectivity index (χ0n) is 16.8. The summed E-state index contributed by atoms with van der Waals surface area (Å²) in [5.41, 5.74) is 5.43. The zero-order chi connectivity index (χ0) is 20.4. The predicted octanol–water partition coefficient (Wildman–Crippen LogP) is 3.56. The van der Waals surface area contributed by atoms with Crippen LogP contribution in [0.4, 0.5) is 5.69 Å². The van der Waals surface area contributed by atoms with Crippen LogP contribution in [-0.2, 0) is 14.8 Å². The summed E-state index contributed by atoms with van der Waals surface area (Å²) < 4.78 is 25.9. The van der Waals surface area contributed by atoms with E-state index in [9.17, 15) is 13.2 Å². The maximum absolute atomic E-state index is 12.7. The number of benzene rings is 2. The molecule has 1 N–H and O–H groups in total. The third-order valence-corrected chi connectivity index (χ3v) is 5.77. The molecule has 0 aliphatic rings. The first-order valence-corrected chi connectivity index (χ1v) is 10.8. The highest BCUT2D eigenvalue weighted by Gasteiger charge is 2.24. The second kappa shape index (κ2) is 8.13. The Bertz CT molecular complexity index is 932. The topological polar surface area (TPSA) is 66.5 Å². The average Bonchev–Trinajstić information content (AvgIpc) is 2.55. The molecular formula is C21H28N2O3S. The fourth-order valence-corrected chi connectivity index (χ4v) is 4.25. The molecule has 2 aromatic carbocycles. The number of aryl methyl sites for hydroxylation is 4. The number of para-hydroxylation sites is 1. The van der Waals surface area contributed by atoms with Gasteiger partial charge >= 0.3 is 0 Å². The van der Waals surface area contributed by atoms with Crippen molar-refractivity contribution in [3.63, 3.8) is 0 Å². The van der Waals surface area contributed by atoms with Gasteiger partial charge in [-0.1, -0.05) is 42.0 Å². The Morgan fingerprint density at radius 1 is 1.04 bits per heavy atom. The number of nitrogens with one attached hydrogen (secondary N) is 1. The van der Waals surface area contributed by atoms with E-state index < -0.39 is 10.0 Å². The lowest BCUT2D eigenvalue weighted by Gasteiger charge is -2.26. The third-order valence-electron chi connectivity index (χ3n) is 4.66. The van der Waals surface area contributed by atoms with Gasteiger partial charge < -0.3 is 5.32 Å². The molecule has 146 valence electrons. The number of rotatable bonds is 6. The summed E-state index contributed by atoms with van der Waals surface area (Å²) in [6, 6.07) is 11.4. The summed E-state index contributed by atoms with van der Waals surface area (Å²) in [7, 11) is -3.60. The van der Waals surface area contributed by atoms with Crippen LogP contribution < -0.4 is 9.62 Å². The molecule has 0 aliphatic heterocycles. The molecule has 0 saturated heterocycles. The van der Waals surface area contributed by atoms with E-state index >= 15 is 0 Å². The quantitative estimate of drug-likeness (QED) is 0.823. The maximum Gasteiger partial charge on any atom is 0.241 e. The summed E-state index contributed by atoms with van der Waals surface area (Å²) >= 11 is 0. The van der Waals surface area contributed by atoms with Crippen LogP contribution in [-0.4, -0.2) is 27.1 Å². The smallest absolute Gasteiger partial charge is 0.241 e. The summed E-state index contributed by atoms with van der Waals surface area (Å²) in [6.07, 6.45) is 1.13. The summed E-state index contributed by atoms with van der Waals surface area (Å²) in [6.45, 7) is 9.35. The molecule has 0 aliphatic carbocycles. The first-order valence-electron chi connectivity index (χ1n) is 8.91. The van der Waals surface area contributed by atoms with Crippen molar-refractivity contribution in [3.8, 4) is 0 Å². The van der Waals surface area contributed by atoms with Crippen molar-refractivity contribution in [2.75, 3.05) is 17.1 Å². The van der Waals surface area contributed by atoms with Crippen molar-refractivity contribution < 1.29 is 13.2 Å². The van der Waals surface area contributed by atoms with Gasteiger partial charge in [-0.2, -0.15) is 0 Å². The Morgan fingerprint density at radius 3 is 2.19 bits per heavy atom. The highest BCUT2D eigenvalue weighted by atomic mass is 32.2. The molecule has 27 heavy (non-hydrogen) atoms. The minimum absolute atomic E-state index is 0.211. The fraction of sp³-hybridized carbons (Fsp3) is 0.381. The van der Waals surface area contributed by atoms with Crippen molar-refractivity contribution in [1.82, 2.24) is 5.32 Å². The van der Waals surface area contributed by atoms with Gasteiger partial charge in [0.05, 0.1) is 18.0 Å². The first-order chi connectivity index (χ1) is 12.5. The largest absolute Gasteiger partial charge is 0.348 e. The van der Waals surface area contributed by atoms with Gasteiger partial charge in [-0.05, 0) is 56.9 Å². The molecule has 0 heterocycles. The average molecular weight is 389 g/mol. The van der Waals surface area contributed by atoms with Gasteiger partial charge in [-0.15, -0.1) is 0 Å². The molecule has 0 spiro atoms. The van der Waals surface area contributed by atoms with Crippen LogP contribution in [0, 0.1) is 27.7 Å². The van der Waals surface area contributed by atoms with Crippen molar-refractivity contribution in [1.29, 1.82) is 0 Å². The molecule has 0 fully saturated rings. The lowest BCUT2D eigenvalue weighted by atomic mass is 10.00. The lowest BCUT2D eigenvalue weighted by molar-refractivity contribution is -0.120. The minimum atomic E-state index is -3.60. The van der Waals surface area contributed by atoms with E-state index in [0.29, 0.717) is 5.69 Å². The highest BCUT2D eigenvalue weighted by Crippen LogP contribution is 2.26. The molecule has 6 heteroatoms. The zero-order valence-corrected chi connectivity index (χ0v) is 17.6. The van der Waals surface area contributed by atoms with Gasteiger partial charge in [-0.25, -0.2) is 8.42 Å². The van der Waals surface area contributed by atoms with Gasteiger partial charge in [0.1, 0.15) is 6.54 Å². The lowest BCUT2D eigenvalue weighted by Crippen LogP contribution is -2.41. The molecular weight excluding hydrogens is 360 g/mol. The van der Waals surface area contributed by atoms with Crippen LogP contribution >= 0.6 is 0 Å². The Kier molecular flexibility index (Phi) is 6.31. The summed E-state index contributed by atoms with van der Waals surface area (Å²) in [4.78, 5) is 12.7. The van der Waals surface area contributed by atoms with Gasteiger partial charge in [0.25, 0.3) is 0 Å². The standard InChI is InChI=1S/C21H28N2O3S/c1-14-10-11-15(2)19(12-14)18(5)22-20(24)13-23(27(6,25)26)21-16(3)8-7-9-17(21)4/h7-12,18H,13H2,1-6H3,(H,22,24)/t18-/m0/s1.